The van der Waals surface area contributed by atoms with Crippen LogP contribution in [0, 0.1) is 5.82 Å². The Bertz CT molecular complexity index is 797. The number of halogens is 1. The van der Waals surface area contributed by atoms with Gasteiger partial charge in [-0.1, -0.05) is 6.07 Å². The van der Waals surface area contributed by atoms with Crippen LogP contribution in [0.25, 0.3) is 6.08 Å². The molecule has 0 radical (unpaired) electrons. The Balaban J connectivity index is 1.88. The first-order valence-electron chi connectivity index (χ1n) is 7.63. The van der Waals surface area contributed by atoms with Crippen LogP contribution in [0.3, 0.4) is 0 Å². The van der Waals surface area contributed by atoms with Crippen LogP contribution in [0.1, 0.15) is 5.56 Å². The van der Waals surface area contributed by atoms with Gasteiger partial charge in [-0.05, 0) is 42.0 Å². The second-order valence-corrected chi connectivity index (χ2v) is 5.15. The zero-order valence-corrected chi connectivity index (χ0v) is 14.3. The lowest BCUT2D eigenvalue weighted by Crippen LogP contribution is -2.20. The van der Waals surface area contributed by atoms with Crippen molar-refractivity contribution in [3.05, 3.63) is 59.9 Å². The summed E-state index contributed by atoms with van der Waals surface area (Å²) in [5, 5.41) is 2.43. The molecule has 0 aromatic heterocycles. The number of nitrogens with one attached hydrogen (secondary N) is 1. The van der Waals surface area contributed by atoms with Crippen molar-refractivity contribution in [1.82, 2.24) is 0 Å². The lowest BCUT2D eigenvalue weighted by molar-refractivity contribution is -0.142. The fourth-order valence-corrected chi connectivity index (χ4v) is 2.04. The molecule has 0 unspecified atom stereocenters. The van der Waals surface area contributed by atoms with Crippen molar-refractivity contribution in [2.45, 2.75) is 0 Å². The molecule has 0 aliphatic carbocycles. The molecule has 2 rings (SSSR count). The van der Waals surface area contributed by atoms with Crippen LogP contribution in [0.5, 0.6) is 11.5 Å². The summed E-state index contributed by atoms with van der Waals surface area (Å²) in [6.45, 7) is -0.485. The monoisotopic (exact) mass is 359 g/mol. The summed E-state index contributed by atoms with van der Waals surface area (Å²) in [4.78, 5) is 23.4. The van der Waals surface area contributed by atoms with Gasteiger partial charge in [0.15, 0.2) is 6.61 Å². The Hall–Kier alpha value is -3.35. The Morgan fingerprint density at radius 1 is 1.08 bits per heavy atom. The van der Waals surface area contributed by atoms with Crippen molar-refractivity contribution in [3.8, 4) is 11.5 Å². The summed E-state index contributed by atoms with van der Waals surface area (Å²) < 4.78 is 28.2. The SMILES string of the molecule is COc1cc(/C=C/C(=O)OCC(=O)Nc2cccc(F)c2)cc(OC)c1. The topological polar surface area (TPSA) is 73.9 Å². The minimum Gasteiger partial charge on any atom is -0.497 e. The first-order valence-corrected chi connectivity index (χ1v) is 7.63. The minimum absolute atomic E-state index is 0.282. The smallest absolute Gasteiger partial charge is 0.331 e. The van der Waals surface area contributed by atoms with Crippen LogP contribution >= 0.6 is 0 Å². The zero-order valence-electron chi connectivity index (χ0n) is 14.3. The van der Waals surface area contributed by atoms with Crippen molar-refractivity contribution in [3.63, 3.8) is 0 Å². The van der Waals surface area contributed by atoms with Gasteiger partial charge >= 0.3 is 5.97 Å². The highest BCUT2D eigenvalue weighted by atomic mass is 19.1. The van der Waals surface area contributed by atoms with Crippen molar-refractivity contribution >= 4 is 23.6 Å². The van der Waals surface area contributed by atoms with E-state index >= 15 is 0 Å². The second kappa shape index (κ2) is 9.22. The fourth-order valence-electron chi connectivity index (χ4n) is 2.04. The van der Waals surface area contributed by atoms with Gasteiger partial charge in [-0.15, -0.1) is 0 Å². The highest BCUT2D eigenvalue weighted by molar-refractivity contribution is 5.94. The second-order valence-electron chi connectivity index (χ2n) is 5.15. The molecule has 2 aromatic carbocycles. The molecule has 0 atom stereocenters. The predicted octanol–water partition coefficient (Wildman–Crippen LogP) is 3.04. The molecule has 0 saturated carbocycles. The molecule has 26 heavy (non-hydrogen) atoms. The van der Waals surface area contributed by atoms with E-state index in [0.29, 0.717) is 17.1 Å². The molecule has 0 saturated heterocycles. The third-order valence-corrected chi connectivity index (χ3v) is 3.24. The molecule has 0 spiro atoms. The van der Waals surface area contributed by atoms with Crippen LogP contribution in [0.15, 0.2) is 48.5 Å². The quantitative estimate of drug-likeness (QED) is 0.608. The van der Waals surface area contributed by atoms with E-state index in [4.69, 9.17) is 14.2 Å². The van der Waals surface area contributed by atoms with Gasteiger partial charge in [-0.3, -0.25) is 4.79 Å². The molecule has 7 heteroatoms. The van der Waals surface area contributed by atoms with Crippen molar-refractivity contribution in [2.75, 3.05) is 26.1 Å². The van der Waals surface area contributed by atoms with Crippen LogP contribution in [0.2, 0.25) is 0 Å². The van der Waals surface area contributed by atoms with E-state index in [2.05, 4.69) is 5.32 Å². The van der Waals surface area contributed by atoms with Gasteiger partial charge in [0.05, 0.1) is 14.2 Å². The molecule has 0 heterocycles. The maximum Gasteiger partial charge on any atom is 0.331 e. The predicted molar refractivity (Wildman–Crippen MR) is 94.6 cm³/mol. The minimum atomic E-state index is -0.693. The number of anilines is 1. The standard InChI is InChI=1S/C19H18FNO5/c1-24-16-8-13(9-17(11-16)25-2)6-7-19(23)26-12-18(22)21-15-5-3-4-14(20)10-15/h3-11H,12H2,1-2H3,(H,21,22)/b7-6+. The molecule has 1 N–H and O–H groups in total. The normalized spacial score (nSPS) is 10.4. The molecule has 0 fully saturated rings. The molecule has 0 aliphatic rings. The molecular weight excluding hydrogens is 341 g/mol. The zero-order chi connectivity index (χ0) is 18.9. The van der Waals surface area contributed by atoms with E-state index in [1.54, 1.807) is 18.2 Å². The summed E-state index contributed by atoms with van der Waals surface area (Å²) in [6, 6.07) is 10.5. The highest BCUT2D eigenvalue weighted by Crippen LogP contribution is 2.23. The Morgan fingerprint density at radius 3 is 2.38 bits per heavy atom. The van der Waals surface area contributed by atoms with Gasteiger partial charge in [0, 0.05) is 17.8 Å². The lowest BCUT2D eigenvalue weighted by atomic mass is 10.2. The number of ether oxygens (including phenoxy) is 3. The summed E-state index contributed by atoms with van der Waals surface area (Å²) in [5.74, 6) is -0.586. The van der Waals surface area contributed by atoms with Crippen molar-refractivity contribution in [1.29, 1.82) is 0 Å². The third kappa shape index (κ3) is 5.94. The number of esters is 1. The van der Waals surface area contributed by atoms with Crippen molar-refractivity contribution in [2.24, 2.45) is 0 Å². The van der Waals surface area contributed by atoms with E-state index in [1.165, 1.54) is 44.6 Å². The number of carbonyl (C=O) groups is 2. The van der Waals surface area contributed by atoms with E-state index in [1.807, 2.05) is 0 Å². The molecular formula is C19H18FNO5. The van der Waals surface area contributed by atoms with E-state index in [9.17, 15) is 14.0 Å². The highest BCUT2D eigenvalue weighted by Gasteiger charge is 2.06. The average molecular weight is 359 g/mol. The molecule has 0 bridgehead atoms. The summed E-state index contributed by atoms with van der Waals surface area (Å²) >= 11 is 0. The van der Waals surface area contributed by atoms with Crippen LogP contribution in [-0.4, -0.2) is 32.7 Å². The first-order chi connectivity index (χ1) is 12.5. The lowest BCUT2D eigenvalue weighted by Gasteiger charge is -2.06. The van der Waals surface area contributed by atoms with E-state index in [-0.39, 0.29) is 5.69 Å². The van der Waals surface area contributed by atoms with E-state index in [0.717, 1.165) is 6.07 Å². The Kier molecular flexibility index (Phi) is 6.73. The molecule has 1 amide bonds. The maximum absolute atomic E-state index is 13.0. The van der Waals surface area contributed by atoms with E-state index < -0.39 is 24.3 Å². The number of methoxy groups -OCH3 is 2. The molecule has 2 aromatic rings. The Labute approximate surface area is 150 Å². The number of benzene rings is 2. The maximum atomic E-state index is 13.0. The van der Waals surface area contributed by atoms with Gasteiger partial charge in [0.25, 0.3) is 5.91 Å². The number of carbonyl (C=O) groups excluding carboxylic acids is 2. The van der Waals surface area contributed by atoms with Crippen LogP contribution in [0.4, 0.5) is 10.1 Å². The largest absolute Gasteiger partial charge is 0.497 e. The van der Waals surface area contributed by atoms with Gasteiger partial charge in [0.1, 0.15) is 17.3 Å². The van der Waals surface area contributed by atoms with Gasteiger partial charge < -0.3 is 19.5 Å². The number of hydrogen-bond donors (Lipinski definition) is 1. The van der Waals surface area contributed by atoms with Crippen LogP contribution < -0.4 is 14.8 Å². The Morgan fingerprint density at radius 2 is 1.77 bits per heavy atom. The molecule has 136 valence electrons. The molecule has 0 aliphatic heterocycles. The summed E-state index contributed by atoms with van der Waals surface area (Å²) in [6.07, 6.45) is 2.70. The molecule has 6 nitrogen and oxygen atoms in total. The first kappa shape index (κ1) is 19.0. The number of hydrogen-bond acceptors (Lipinski definition) is 5. The number of rotatable bonds is 7. The fraction of sp³-hybridized carbons (Fsp3) is 0.158. The van der Waals surface area contributed by atoms with Crippen molar-refractivity contribution < 1.29 is 28.2 Å². The summed E-state index contributed by atoms with van der Waals surface area (Å²) in [5.41, 5.74) is 0.951. The van der Waals surface area contributed by atoms with Gasteiger partial charge in [-0.25, -0.2) is 9.18 Å². The van der Waals surface area contributed by atoms with Gasteiger partial charge in [0.2, 0.25) is 0 Å². The van der Waals surface area contributed by atoms with Crippen LogP contribution in [-0.2, 0) is 14.3 Å². The van der Waals surface area contributed by atoms with Gasteiger partial charge in [-0.2, -0.15) is 0 Å². The third-order valence-electron chi connectivity index (χ3n) is 3.24. The summed E-state index contributed by atoms with van der Waals surface area (Å²) in [7, 11) is 3.04. The average Bonchev–Trinajstić information content (AvgIpc) is 2.64. The number of amides is 1.